The first-order chi connectivity index (χ1) is 8.20. The maximum atomic E-state index is 8.52. The van der Waals surface area contributed by atoms with Crippen LogP contribution in [0.1, 0.15) is 30.0 Å². The van der Waals surface area contributed by atoms with Gasteiger partial charge in [-0.15, -0.1) is 0 Å². The highest BCUT2D eigenvalue weighted by molar-refractivity contribution is 6.09. The van der Waals surface area contributed by atoms with E-state index in [-0.39, 0.29) is 5.70 Å². The van der Waals surface area contributed by atoms with Gasteiger partial charge in [0.2, 0.25) is 0 Å². The summed E-state index contributed by atoms with van der Waals surface area (Å²) < 4.78 is 0. The van der Waals surface area contributed by atoms with Gasteiger partial charge in [0.25, 0.3) is 0 Å². The Morgan fingerprint density at radius 2 is 2.24 bits per heavy atom. The molecule has 0 saturated heterocycles. The molecule has 1 fully saturated rings. The van der Waals surface area contributed by atoms with Gasteiger partial charge in [-0.2, -0.15) is 5.26 Å². The SMILES string of the molecule is C=C(C#N)/N=C/C(=C)c1ccc(C2CC2)nc1. The van der Waals surface area contributed by atoms with Crippen LogP contribution in [0.15, 0.2) is 42.2 Å². The number of aliphatic imine (C=N–C) groups is 1. The van der Waals surface area contributed by atoms with Crippen molar-refractivity contribution in [2.24, 2.45) is 4.99 Å². The third-order valence-electron chi connectivity index (χ3n) is 2.66. The van der Waals surface area contributed by atoms with Crippen LogP contribution in [0.3, 0.4) is 0 Å². The standard InChI is InChI=1S/C14H13N3/c1-10(8-16-11(2)7-15)13-5-6-14(17-9-13)12-3-4-12/h5-6,8-9,12H,1-4H2/b16-8+. The van der Waals surface area contributed by atoms with Gasteiger partial charge in [0, 0.05) is 29.6 Å². The van der Waals surface area contributed by atoms with Gasteiger partial charge in [0.05, 0.1) is 0 Å². The lowest BCUT2D eigenvalue weighted by Crippen LogP contribution is -1.90. The molecule has 17 heavy (non-hydrogen) atoms. The monoisotopic (exact) mass is 223 g/mol. The zero-order valence-corrected chi connectivity index (χ0v) is 9.56. The third-order valence-corrected chi connectivity index (χ3v) is 2.66. The molecule has 0 spiro atoms. The summed E-state index contributed by atoms with van der Waals surface area (Å²) in [4.78, 5) is 8.28. The van der Waals surface area contributed by atoms with E-state index in [0.29, 0.717) is 5.92 Å². The topological polar surface area (TPSA) is 49.0 Å². The zero-order chi connectivity index (χ0) is 12.3. The molecular weight excluding hydrogens is 210 g/mol. The fourth-order valence-corrected chi connectivity index (χ4v) is 1.48. The number of nitriles is 1. The molecule has 0 aromatic carbocycles. The van der Waals surface area contributed by atoms with E-state index in [1.807, 2.05) is 18.2 Å². The summed E-state index contributed by atoms with van der Waals surface area (Å²) >= 11 is 0. The van der Waals surface area contributed by atoms with Crippen molar-refractivity contribution in [1.82, 2.24) is 4.98 Å². The fraction of sp³-hybridized carbons (Fsp3) is 0.214. The minimum absolute atomic E-state index is 0.175. The third kappa shape index (κ3) is 2.88. The fourth-order valence-electron chi connectivity index (χ4n) is 1.48. The van der Waals surface area contributed by atoms with Gasteiger partial charge >= 0.3 is 0 Å². The average molecular weight is 223 g/mol. The molecule has 1 heterocycles. The van der Waals surface area contributed by atoms with E-state index in [9.17, 15) is 0 Å². The number of aromatic nitrogens is 1. The van der Waals surface area contributed by atoms with Crippen LogP contribution in [0.25, 0.3) is 5.57 Å². The highest BCUT2D eigenvalue weighted by atomic mass is 14.7. The van der Waals surface area contributed by atoms with Crippen LogP contribution in [0.4, 0.5) is 0 Å². The van der Waals surface area contributed by atoms with Crippen molar-refractivity contribution >= 4 is 11.8 Å². The average Bonchev–Trinajstić information content (AvgIpc) is 3.20. The van der Waals surface area contributed by atoms with Crippen molar-refractivity contribution in [3.63, 3.8) is 0 Å². The maximum Gasteiger partial charge on any atom is 0.133 e. The molecule has 1 aromatic rings. The molecule has 1 aromatic heterocycles. The van der Waals surface area contributed by atoms with Gasteiger partial charge in [-0.3, -0.25) is 4.98 Å². The molecule has 3 nitrogen and oxygen atoms in total. The second-order valence-corrected chi connectivity index (χ2v) is 4.09. The summed E-state index contributed by atoms with van der Waals surface area (Å²) in [6, 6.07) is 5.88. The van der Waals surface area contributed by atoms with Crippen molar-refractivity contribution in [2.45, 2.75) is 18.8 Å². The van der Waals surface area contributed by atoms with Crippen LogP contribution in [-0.4, -0.2) is 11.2 Å². The minimum Gasteiger partial charge on any atom is -0.260 e. The van der Waals surface area contributed by atoms with E-state index in [1.54, 1.807) is 12.4 Å². The van der Waals surface area contributed by atoms with Gasteiger partial charge in [0.1, 0.15) is 11.8 Å². The number of pyridine rings is 1. The Morgan fingerprint density at radius 3 is 2.76 bits per heavy atom. The lowest BCUT2D eigenvalue weighted by Gasteiger charge is -2.01. The second kappa shape index (κ2) is 4.75. The summed E-state index contributed by atoms with van der Waals surface area (Å²) in [5.74, 6) is 0.657. The molecule has 0 bridgehead atoms. The molecule has 2 rings (SSSR count). The molecule has 0 N–H and O–H groups in total. The summed E-state index contributed by atoms with van der Waals surface area (Å²) in [6.07, 6.45) is 5.84. The lowest BCUT2D eigenvalue weighted by atomic mass is 10.1. The van der Waals surface area contributed by atoms with Crippen LogP contribution >= 0.6 is 0 Å². The lowest BCUT2D eigenvalue weighted by molar-refractivity contribution is 1.02. The van der Waals surface area contributed by atoms with E-state index in [4.69, 9.17) is 5.26 Å². The predicted octanol–water partition coefficient (Wildman–Crippen LogP) is 3.08. The van der Waals surface area contributed by atoms with E-state index >= 15 is 0 Å². The largest absolute Gasteiger partial charge is 0.260 e. The van der Waals surface area contributed by atoms with E-state index in [0.717, 1.165) is 16.8 Å². The second-order valence-electron chi connectivity index (χ2n) is 4.09. The minimum atomic E-state index is 0.175. The first-order valence-electron chi connectivity index (χ1n) is 5.49. The zero-order valence-electron chi connectivity index (χ0n) is 9.56. The quantitative estimate of drug-likeness (QED) is 0.581. The number of rotatable bonds is 4. The van der Waals surface area contributed by atoms with Crippen LogP contribution in [0.5, 0.6) is 0 Å². The summed E-state index contributed by atoms with van der Waals surface area (Å²) in [6.45, 7) is 7.35. The molecule has 1 aliphatic rings. The highest BCUT2D eigenvalue weighted by Crippen LogP contribution is 2.38. The van der Waals surface area contributed by atoms with Crippen molar-refractivity contribution in [3.8, 4) is 6.07 Å². The number of nitrogens with zero attached hydrogens (tertiary/aromatic N) is 3. The molecule has 0 amide bonds. The highest BCUT2D eigenvalue weighted by Gasteiger charge is 2.24. The van der Waals surface area contributed by atoms with Gasteiger partial charge in [-0.05, 0) is 24.5 Å². The predicted molar refractivity (Wildman–Crippen MR) is 68.5 cm³/mol. The molecule has 3 heteroatoms. The van der Waals surface area contributed by atoms with Gasteiger partial charge in [0.15, 0.2) is 0 Å². The molecule has 0 unspecified atom stereocenters. The molecule has 0 atom stereocenters. The van der Waals surface area contributed by atoms with Crippen LogP contribution in [-0.2, 0) is 0 Å². The Bertz CT molecular complexity index is 513. The first-order valence-corrected chi connectivity index (χ1v) is 5.49. The van der Waals surface area contributed by atoms with Gasteiger partial charge in [-0.1, -0.05) is 19.2 Å². The maximum absolute atomic E-state index is 8.52. The van der Waals surface area contributed by atoms with Crippen LogP contribution in [0, 0.1) is 11.3 Å². The normalized spacial score (nSPS) is 14.5. The Hall–Kier alpha value is -2.21. The van der Waals surface area contributed by atoms with E-state index < -0.39 is 0 Å². The van der Waals surface area contributed by atoms with Crippen LogP contribution < -0.4 is 0 Å². The Labute approximate surface area is 101 Å². The van der Waals surface area contributed by atoms with Gasteiger partial charge < -0.3 is 0 Å². The molecule has 1 saturated carbocycles. The van der Waals surface area contributed by atoms with Crippen molar-refractivity contribution in [2.75, 3.05) is 0 Å². The smallest absolute Gasteiger partial charge is 0.133 e. The molecule has 84 valence electrons. The Kier molecular flexibility index (Phi) is 3.15. The summed E-state index contributed by atoms with van der Waals surface area (Å²) in [5, 5.41) is 8.52. The number of hydrogen-bond acceptors (Lipinski definition) is 3. The number of hydrogen-bond donors (Lipinski definition) is 0. The summed E-state index contributed by atoms with van der Waals surface area (Å²) in [5.41, 5.74) is 2.98. The summed E-state index contributed by atoms with van der Waals surface area (Å²) in [7, 11) is 0. The van der Waals surface area contributed by atoms with Gasteiger partial charge in [-0.25, -0.2) is 4.99 Å². The Balaban J connectivity index is 2.06. The molecule has 1 aliphatic carbocycles. The molecular formula is C14H13N3. The Morgan fingerprint density at radius 1 is 1.47 bits per heavy atom. The van der Waals surface area contributed by atoms with E-state index in [2.05, 4.69) is 23.1 Å². The molecule has 0 aliphatic heterocycles. The van der Waals surface area contributed by atoms with Crippen molar-refractivity contribution in [3.05, 3.63) is 48.4 Å². The van der Waals surface area contributed by atoms with E-state index in [1.165, 1.54) is 12.8 Å². The molecule has 0 radical (unpaired) electrons. The first kappa shape index (κ1) is 11.3. The van der Waals surface area contributed by atoms with Crippen LogP contribution in [0.2, 0.25) is 0 Å². The van der Waals surface area contributed by atoms with Crippen molar-refractivity contribution in [1.29, 1.82) is 5.26 Å². The number of allylic oxidation sites excluding steroid dienone is 2. The van der Waals surface area contributed by atoms with Crippen molar-refractivity contribution < 1.29 is 0 Å².